The number of hydrogen-bond donors (Lipinski definition) is 0. The number of carbonyl (C=O) groups is 2. The van der Waals surface area contributed by atoms with Crippen LogP contribution in [0.15, 0.2) is 53.4 Å². The SMILES string of the molecule is Cc1ccc(C=C2SC(=O)N(Cc3ccc([N+](=O)[O-])cc3)C2=O)cc1. The van der Waals surface area contributed by atoms with E-state index in [9.17, 15) is 19.7 Å². The summed E-state index contributed by atoms with van der Waals surface area (Å²) < 4.78 is 0. The summed E-state index contributed by atoms with van der Waals surface area (Å²) in [6, 6.07) is 13.5. The molecule has 0 bridgehead atoms. The Balaban J connectivity index is 1.77. The fourth-order valence-electron chi connectivity index (χ4n) is 2.36. The average Bonchev–Trinajstić information content (AvgIpc) is 2.85. The van der Waals surface area contributed by atoms with E-state index in [4.69, 9.17) is 0 Å². The number of rotatable bonds is 4. The molecule has 1 aliphatic heterocycles. The van der Waals surface area contributed by atoms with Crippen LogP contribution in [0.5, 0.6) is 0 Å². The molecule has 0 saturated carbocycles. The van der Waals surface area contributed by atoms with Gasteiger partial charge in [-0.2, -0.15) is 0 Å². The second-order valence-corrected chi connectivity index (χ2v) is 6.60. The number of imide groups is 1. The van der Waals surface area contributed by atoms with Crippen molar-refractivity contribution in [2.24, 2.45) is 0 Å². The van der Waals surface area contributed by atoms with Crippen LogP contribution in [0.1, 0.15) is 16.7 Å². The van der Waals surface area contributed by atoms with Crippen LogP contribution >= 0.6 is 11.8 Å². The molecular formula is C18H14N2O4S. The molecule has 126 valence electrons. The minimum atomic E-state index is -0.492. The van der Waals surface area contributed by atoms with Gasteiger partial charge in [0.2, 0.25) is 0 Å². The lowest BCUT2D eigenvalue weighted by atomic mass is 10.1. The first-order valence-electron chi connectivity index (χ1n) is 7.49. The van der Waals surface area contributed by atoms with Gasteiger partial charge < -0.3 is 0 Å². The molecule has 2 aromatic carbocycles. The number of hydrogen-bond acceptors (Lipinski definition) is 5. The molecule has 0 aliphatic carbocycles. The van der Waals surface area contributed by atoms with Crippen molar-refractivity contribution in [3.63, 3.8) is 0 Å². The number of nitro benzene ring substituents is 1. The van der Waals surface area contributed by atoms with Gasteiger partial charge in [0.1, 0.15) is 0 Å². The molecule has 7 heteroatoms. The van der Waals surface area contributed by atoms with Gasteiger partial charge in [0, 0.05) is 12.1 Å². The van der Waals surface area contributed by atoms with E-state index < -0.39 is 4.92 Å². The molecule has 0 atom stereocenters. The highest BCUT2D eigenvalue weighted by molar-refractivity contribution is 8.18. The van der Waals surface area contributed by atoms with E-state index in [2.05, 4.69) is 0 Å². The molecule has 1 heterocycles. The van der Waals surface area contributed by atoms with E-state index in [1.807, 2.05) is 31.2 Å². The van der Waals surface area contributed by atoms with Crippen molar-refractivity contribution in [1.82, 2.24) is 4.90 Å². The molecular weight excluding hydrogens is 340 g/mol. The maximum atomic E-state index is 12.5. The maximum absolute atomic E-state index is 12.5. The Bertz CT molecular complexity index is 873. The van der Waals surface area contributed by atoms with Crippen LogP contribution in [0.4, 0.5) is 10.5 Å². The van der Waals surface area contributed by atoms with E-state index in [1.165, 1.54) is 12.1 Å². The van der Waals surface area contributed by atoms with Crippen LogP contribution in [-0.4, -0.2) is 21.0 Å². The molecule has 0 aromatic heterocycles. The van der Waals surface area contributed by atoms with Crippen LogP contribution in [-0.2, 0) is 11.3 Å². The minimum absolute atomic E-state index is 0.0304. The first kappa shape index (κ1) is 16.9. The van der Waals surface area contributed by atoms with Crippen molar-refractivity contribution in [3.8, 4) is 0 Å². The summed E-state index contributed by atoms with van der Waals surface area (Å²) in [6.07, 6.45) is 1.69. The Kier molecular flexibility index (Phi) is 4.67. The molecule has 3 rings (SSSR count). The summed E-state index contributed by atoms with van der Waals surface area (Å²) >= 11 is 0.898. The lowest BCUT2D eigenvalue weighted by Gasteiger charge is -2.12. The highest BCUT2D eigenvalue weighted by atomic mass is 32.2. The Morgan fingerprint density at radius 1 is 1.08 bits per heavy atom. The summed E-state index contributed by atoms with van der Waals surface area (Å²) in [5, 5.41) is 10.3. The Labute approximate surface area is 148 Å². The van der Waals surface area contributed by atoms with E-state index in [-0.39, 0.29) is 23.4 Å². The molecule has 2 amide bonds. The summed E-state index contributed by atoms with van der Waals surface area (Å²) in [5.41, 5.74) is 2.59. The van der Waals surface area contributed by atoms with E-state index in [0.29, 0.717) is 10.5 Å². The Hall–Kier alpha value is -2.93. The summed E-state index contributed by atoms with van der Waals surface area (Å²) in [4.78, 5) is 36.3. The third-order valence-corrected chi connectivity index (χ3v) is 4.64. The zero-order valence-corrected chi connectivity index (χ0v) is 14.2. The van der Waals surface area contributed by atoms with Crippen LogP contribution in [0, 0.1) is 17.0 Å². The Morgan fingerprint density at radius 3 is 2.32 bits per heavy atom. The molecule has 2 aromatic rings. The van der Waals surface area contributed by atoms with E-state index >= 15 is 0 Å². The van der Waals surface area contributed by atoms with Crippen LogP contribution < -0.4 is 0 Å². The topological polar surface area (TPSA) is 80.5 Å². The molecule has 1 fully saturated rings. The van der Waals surface area contributed by atoms with Gasteiger partial charge >= 0.3 is 0 Å². The van der Waals surface area contributed by atoms with Gasteiger partial charge in [-0.15, -0.1) is 0 Å². The zero-order chi connectivity index (χ0) is 18.0. The maximum Gasteiger partial charge on any atom is 0.293 e. The third-order valence-electron chi connectivity index (χ3n) is 3.74. The van der Waals surface area contributed by atoms with E-state index in [0.717, 1.165) is 27.8 Å². The fourth-order valence-corrected chi connectivity index (χ4v) is 3.19. The number of aryl methyl sites for hydroxylation is 1. The number of non-ortho nitro benzene ring substituents is 1. The first-order valence-corrected chi connectivity index (χ1v) is 8.31. The van der Waals surface area contributed by atoms with Crippen molar-refractivity contribution in [3.05, 3.63) is 80.2 Å². The average molecular weight is 354 g/mol. The minimum Gasteiger partial charge on any atom is -0.268 e. The van der Waals surface area contributed by atoms with Crippen LogP contribution in [0.2, 0.25) is 0 Å². The summed E-state index contributed by atoms with van der Waals surface area (Å²) in [6.45, 7) is 2.07. The van der Waals surface area contributed by atoms with Crippen molar-refractivity contribution in [2.45, 2.75) is 13.5 Å². The molecule has 0 spiro atoms. The van der Waals surface area contributed by atoms with Gasteiger partial charge in [-0.25, -0.2) is 0 Å². The predicted octanol–water partition coefficient (Wildman–Crippen LogP) is 4.14. The smallest absolute Gasteiger partial charge is 0.268 e. The Morgan fingerprint density at radius 2 is 1.72 bits per heavy atom. The van der Waals surface area contributed by atoms with Crippen LogP contribution in [0.25, 0.3) is 6.08 Å². The predicted molar refractivity (Wildman–Crippen MR) is 95.8 cm³/mol. The molecule has 6 nitrogen and oxygen atoms in total. The molecule has 1 aliphatic rings. The second-order valence-electron chi connectivity index (χ2n) is 5.60. The standard InChI is InChI=1S/C18H14N2O4S/c1-12-2-4-13(5-3-12)10-16-17(21)19(18(22)25-16)11-14-6-8-15(9-7-14)20(23)24/h2-10H,11H2,1H3. The van der Waals surface area contributed by atoms with Crippen molar-refractivity contribution >= 4 is 34.7 Å². The number of nitro groups is 1. The largest absolute Gasteiger partial charge is 0.293 e. The molecule has 0 radical (unpaired) electrons. The molecule has 0 N–H and O–H groups in total. The van der Waals surface area contributed by atoms with E-state index in [1.54, 1.807) is 18.2 Å². The highest BCUT2D eigenvalue weighted by Crippen LogP contribution is 2.33. The second kappa shape index (κ2) is 6.90. The summed E-state index contributed by atoms with van der Waals surface area (Å²) in [7, 11) is 0. The van der Waals surface area contributed by atoms with Gasteiger partial charge in [0.25, 0.3) is 16.8 Å². The molecule has 25 heavy (non-hydrogen) atoms. The first-order chi connectivity index (χ1) is 11.9. The van der Waals surface area contributed by atoms with Gasteiger partial charge in [-0.3, -0.25) is 24.6 Å². The van der Waals surface area contributed by atoms with Gasteiger partial charge in [-0.1, -0.05) is 42.0 Å². The summed E-state index contributed by atoms with van der Waals surface area (Å²) in [5.74, 6) is -0.353. The lowest BCUT2D eigenvalue weighted by Crippen LogP contribution is -2.27. The van der Waals surface area contributed by atoms with Gasteiger partial charge in [-0.05, 0) is 35.9 Å². The van der Waals surface area contributed by atoms with Crippen molar-refractivity contribution in [2.75, 3.05) is 0 Å². The van der Waals surface area contributed by atoms with Gasteiger partial charge in [0.05, 0.1) is 16.4 Å². The number of thioether (sulfide) groups is 1. The molecule has 0 unspecified atom stereocenters. The highest BCUT2D eigenvalue weighted by Gasteiger charge is 2.34. The lowest BCUT2D eigenvalue weighted by molar-refractivity contribution is -0.384. The number of carbonyl (C=O) groups excluding carboxylic acids is 2. The van der Waals surface area contributed by atoms with Gasteiger partial charge in [0.15, 0.2) is 0 Å². The quantitative estimate of drug-likeness (QED) is 0.468. The normalized spacial score (nSPS) is 15.9. The number of benzene rings is 2. The van der Waals surface area contributed by atoms with Crippen LogP contribution in [0.3, 0.4) is 0 Å². The van der Waals surface area contributed by atoms with Crippen molar-refractivity contribution in [1.29, 1.82) is 0 Å². The third kappa shape index (κ3) is 3.77. The fraction of sp³-hybridized carbons (Fsp3) is 0.111. The molecule has 1 saturated heterocycles. The monoisotopic (exact) mass is 354 g/mol. The zero-order valence-electron chi connectivity index (χ0n) is 13.3. The number of nitrogens with zero attached hydrogens (tertiary/aromatic N) is 2. The number of amides is 2. The van der Waals surface area contributed by atoms with Crippen molar-refractivity contribution < 1.29 is 14.5 Å².